The molecule has 2 nitrogen and oxygen atoms in total. The first kappa shape index (κ1) is 13.6. The maximum Gasteiger partial charge on any atom is 0.415 e. The van der Waals surface area contributed by atoms with Gasteiger partial charge in [-0.2, -0.15) is 13.2 Å². The Morgan fingerprint density at radius 3 is 2.29 bits per heavy atom. The Morgan fingerprint density at radius 1 is 1.29 bits per heavy atom. The van der Waals surface area contributed by atoms with E-state index in [9.17, 15) is 22.4 Å². The summed E-state index contributed by atoms with van der Waals surface area (Å²) in [7, 11) is 0. The third kappa shape index (κ3) is 3.03. The lowest BCUT2D eigenvalue weighted by Gasteiger charge is -2.20. The highest BCUT2D eigenvalue weighted by Crippen LogP contribution is 2.27. The predicted molar refractivity (Wildman–Crippen MR) is 52.0 cm³/mol. The van der Waals surface area contributed by atoms with Crippen molar-refractivity contribution in [1.29, 1.82) is 0 Å². The number of hydrogen-bond acceptors (Lipinski definition) is 2. The number of carbonyl (C=O) groups excluding carboxylic acids is 1. The van der Waals surface area contributed by atoms with Gasteiger partial charge in [0, 0.05) is 0 Å². The molecule has 0 aliphatic carbocycles. The van der Waals surface area contributed by atoms with E-state index < -0.39 is 35.4 Å². The quantitative estimate of drug-likeness (QED) is 0.661. The van der Waals surface area contributed by atoms with Gasteiger partial charge in [-0.25, -0.2) is 4.39 Å². The fourth-order valence-corrected chi connectivity index (χ4v) is 1.33. The van der Waals surface area contributed by atoms with Crippen molar-refractivity contribution in [2.45, 2.75) is 19.2 Å². The van der Waals surface area contributed by atoms with E-state index in [1.54, 1.807) is 0 Å². The second-order valence-corrected chi connectivity index (χ2v) is 3.62. The van der Waals surface area contributed by atoms with Crippen LogP contribution in [0.25, 0.3) is 0 Å². The molecule has 17 heavy (non-hydrogen) atoms. The number of alkyl halides is 3. The van der Waals surface area contributed by atoms with Crippen LogP contribution >= 0.6 is 0 Å². The first-order chi connectivity index (χ1) is 7.75. The molecule has 0 aliphatic rings. The summed E-state index contributed by atoms with van der Waals surface area (Å²) in [4.78, 5) is 11.6. The smallest absolute Gasteiger partial charge is 0.383 e. The highest BCUT2D eigenvalue weighted by Gasteiger charge is 2.44. The number of Topliss-reactive ketones (excluding diaryl/α,β-unsaturated/α-hetero) is 1. The summed E-state index contributed by atoms with van der Waals surface area (Å²) in [5, 5.41) is 8.91. The van der Waals surface area contributed by atoms with Crippen LogP contribution in [0.1, 0.15) is 17.3 Å². The molecule has 0 fully saturated rings. The predicted octanol–water partition coefficient (Wildman–Crippen LogP) is 2.57. The van der Waals surface area contributed by atoms with Gasteiger partial charge in [0.2, 0.25) is 0 Å². The highest BCUT2D eigenvalue weighted by atomic mass is 19.4. The summed E-state index contributed by atoms with van der Waals surface area (Å²) in [5.41, 5.74) is -0.455. The lowest BCUT2D eigenvalue weighted by molar-refractivity contribution is -0.212. The van der Waals surface area contributed by atoms with Crippen molar-refractivity contribution in [3.63, 3.8) is 0 Å². The molecule has 0 saturated heterocycles. The number of rotatable bonds is 3. The Labute approximate surface area is 94.9 Å². The minimum absolute atomic E-state index is 0.455. The Kier molecular flexibility index (Phi) is 3.87. The molecule has 6 heteroatoms. The molecule has 2 atom stereocenters. The van der Waals surface area contributed by atoms with E-state index in [4.69, 9.17) is 5.11 Å². The van der Waals surface area contributed by atoms with E-state index in [-0.39, 0.29) is 0 Å². The average Bonchev–Trinajstić information content (AvgIpc) is 2.25. The summed E-state index contributed by atoms with van der Waals surface area (Å²) in [6.45, 7) is 0.910. The number of ketones is 1. The molecule has 1 N–H and O–H groups in total. The first-order valence-electron chi connectivity index (χ1n) is 4.78. The van der Waals surface area contributed by atoms with Gasteiger partial charge in [0.25, 0.3) is 0 Å². The number of aliphatic hydroxyl groups excluding tert-OH is 1. The Balaban J connectivity index is 2.95. The molecular weight excluding hydrogens is 240 g/mol. The van der Waals surface area contributed by atoms with Crippen LogP contribution in [0.5, 0.6) is 0 Å². The van der Waals surface area contributed by atoms with Gasteiger partial charge in [-0.3, -0.25) is 4.79 Å². The van der Waals surface area contributed by atoms with Crippen LogP contribution in [0, 0.1) is 11.7 Å². The van der Waals surface area contributed by atoms with Gasteiger partial charge in [-0.05, 0) is 12.1 Å². The Morgan fingerprint density at radius 2 is 1.82 bits per heavy atom. The number of carbonyl (C=O) groups is 1. The maximum absolute atomic E-state index is 13.2. The van der Waals surface area contributed by atoms with E-state index >= 15 is 0 Å². The topological polar surface area (TPSA) is 37.3 Å². The largest absolute Gasteiger partial charge is 0.415 e. The minimum atomic E-state index is -4.90. The summed E-state index contributed by atoms with van der Waals surface area (Å²) in [6.07, 6.45) is -7.70. The standard InChI is InChI=1S/C11H10F4O2/c1-6(10(17)11(13,14)15)9(16)7-4-2-3-5-8(7)12/h2-6,10,17H,1H3/t6-,10+/m1/s1. The molecule has 0 saturated carbocycles. The summed E-state index contributed by atoms with van der Waals surface area (Å²) in [6, 6.07) is 4.71. The molecule has 0 aliphatic heterocycles. The third-order valence-electron chi connectivity index (χ3n) is 2.36. The van der Waals surface area contributed by atoms with Crippen molar-refractivity contribution in [2.75, 3.05) is 0 Å². The maximum atomic E-state index is 13.2. The Bertz CT molecular complexity index is 414. The lowest BCUT2D eigenvalue weighted by atomic mass is 9.93. The summed E-state index contributed by atoms with van der Waals surface area (Å²) in [5.74, 6) is -3.72. The van der Waals surface area contributed by atoms with Crippen LogP contribution in [0.3, 0.4) is 0 Å². The second-order valence-electron chi connectivity index (χ2n) is 3.62. The summed E-state index contributed by atoms with van der Waals surface area (Å²) >= 11 is 0. The van der Waals surface area contributed by atoms with Gasteiger partial charge < -0.3 is 5.11 Å². The average molecular weight is 250 g/mol. The highest BCUT2D eigenvalue weighted by molar-refractivity contribution is 5.98. The molecule has 0 radical (unpaired) electrons. The molecule has 0 aromatic heterocycles. The van der Waals surface area contributed by atoms with Crippen LogP contribution in [-0.2, 0) is 0 Å². The van der Waals surface area contributed by atoms with Crippen molar-refractivity contribution in [3.05, 3.63) is 35.6 Å². The Hall–Kier alpha value is -1.43. The molecule has 0 unspecified atom stereocenters. The summed E-state index contributed by atoms with van der Waals surface area (Å²) < 4.78 is 49.7. The molecule has 0 bridgehead atoms. The van der Waals surface area contributed by atoms with E-state index in [1.807, 2.05) is 0 Å². The van der Waals surface area contributed by atoms with E-state index in [2.05, 4.69) is 0 Å². The normalized spacial score (nSPS) is 15.4. The molecule has 0 heterocycles. The van der Waals surface area contributed by atoms with E-state index in [0.29, 0.717) is 0 Å². The lowest BCUT2D eigenvalue weighted by Crippen LogP contribution is -2.38. The van der Waals surface area contributed by atoms with E-state index in [0.717, 1.165) is 19.1 Å². The zero-order valence-corrected chi connectivity index (χ0v) is 8.83. The van der Waals surface area contributed by atoms with Gasteiger partial charge in [-0.1, -0.05) is 19.1 Å². The number of halogens is 4. The third-order valence-corrected chi connectivity index (χ3v) is 2.36. The van der Waals surface area contributed by atoms with Gasteiger partial charge in [-0.15, -0.1) is 0 Å². The fourth-order valence-electron chi connectivity index (χ4n) is 1.33. The van der Waals surface area contributed by atoms with Gasteiger partial charge in [0.1, 0.15) is 5.82 Å². The number of hydrogen-bond donors (Lipinski definition) is 1. The molecular formula is C11H10F4O2. The van der Waals surface area contributed by atoms with Crippen LogP contribution in [-0.4, -0.2) is 23.2 Å². The van der Waals surface area contributed by atoms with Crippen molar-refractivity contribution >= 4 is 5.78 Å². The fraction of sp³-hybridized carbons (Fsp3) is 0.364. The van der Waals surface area contributed by atoms with Crippen molar-refractivity contribution in [2.24, 2.45) is 5.92 Å². The molecule has 94 valence electrons. The number of aliphatic hydroxyl groups is 1. The van der Waals surface area contributed by atoms with E-state index in [1.165, 1.54) is 12.1 Å². The van der Waals surface area contributed by atoms with Crippen molar-refractivity contribution in [3.8, 4) is 0 Å². The zero-order chi connectivity index (χ0) is 13.2. The molecule has 1 aromatic carbocycles. The van der Waals surface area contributed by atoms with Crippen LogP contribution in [0.2, 0.25) is 0 Å². The van der Waals surface area contributed by atoms with Gasteiger partial charge >= 0.3 is 6.18 Å². The number of benzene rings is 1. The first-order valence-corrected chi connectivity index (χ1v) is 4.78. The van der Waals surface area contributed by atoms with Gasteiger partial charge in [0.05, 0.1) is 11.5 Å². The van der Waals surface area contributed by atoms with Crippen LogP contribution in [0.15, 0.2) is 24.3 Å². The monoisotopic (exact) mass is 250 g/mol. The molecule has 0 amide bonds. The van der Waals surface area contributed by atoms with Crippen molar-refractivity contribution in [1.82, 2.24) is 0 Å². The second kappa shape index (κ2) is 4.83. The van der Waals surface area contributed by atoms with Crippen LogP contribution in [0.4, 0.5) is 17.6 Å². The minimum Gasteiger partial charge on any atom is -0.383 e. The molecule has 1 aromatic rings. The molecule has 0 spiro atoms. The van der Waals surface area contributed by atoms with Gasteiger partial charge in [0.15, 0.2) is 11.9 Å². The van der Waals surface area contributed by atoms with Crippen LogP contribution < -0.4 is 0 Å². The van der Waals surface area contributed by atoms with Crippen molar-refractivity contribution < 1.29 is 27.5 Å². The SMILES string of the molecule is C[C@H](C(=O)c1ccccc1F)[C@H](O)C(F)(F)F. The molecule has 1 rings (SSSR count). The zero-order valence-electron chi connectivity index (χ0n) is 8.83.